The second-order valence-electron chi connectivity index (χ2n) is 5.80. The van der Waals surface area contributed by atoms with Gasteiger partial charge in [0, 0.05) is 18.5 Å². The van der Waals surface area contributed by atoms with Crippen LogP contribution in [-0.2, 0) is 11.2 Å². The zero-order valence-electron chi connectivity index (χ0n) is 13.6. The number of H-pyrrole nitrogens is 1. The number of carbonyl (C=O) groups excluding carboxylic acids is 1. The van der Waals surface area contributed by atoms with Crippen molar-refractivity contribution < 1.29 is 4.79 Å². The second kappa shape index (κ2) is 7.25. The second-order valence-corrected chi connectivity index (χ2v) is 5.80. The molecule has 2 aromatic rings. The Hall–Kier alpha value is -2.10. The molecule has 118 valence electrons. The Labute approximate surface area is 130 Å². The maximum absolute atomic E-state index is 12.2. The summed E-state index contributed by atoms with van der Waals surface area (Å²) in [5.41, 5.74) is 3.72. The molecule has 0 aliphatic heterocycles. The lowest BCUT2D eigenvalue weighted by Crippen LogP contribution is -2.25. The van der Waals surface area contributed by atoms with Gasteiger partial charge >= 0.3 is 0 Å². The molecule has 1 amide bonds. The van der Waals surface area contributed by atoms with Crippen molar-refractivity contribution in [2.45, 2.75) is 46.5 Å². The van der Waals surface area contributed by atoms with Crippen molar-refractivity contribution in [3.05, 3.63) is 45.2 Å². The molecule has 1 aromatic carbocycles. The first-order valence-corrected chi connectivity index (χ1v) is 7.91. The van der Waals surface area contributed by atoms with Crippen molar-refractivity contribution in [3.8, 4) is 0 Å². The molecule has 0 atom stereocenters. The van der Waals surface area contributed by atoms with Crippen molar-refractivity contribution >= 4 is 16.8 Å². The molecule has 0 saturated heterocycles. The van der Waals surface area contributed by atoms with E-state index in [-0.39, 0.29) is 11.5 Å². The molecule has 0 fully saturated rings. The molecule has 1 aromatic heterocycles. The number of unbranched alkanes of at least 4 members (excludes halogenated alkanes) is 1. The zero-order valence-corrected chi connectivity index (χ0v) is 13.6. The lowest BCUT2D eigenvalue weighted by Gasteiger charge is -2.08. The van der Waals surface area contributed by atoms with Crippen LogP contribution in [0.15, 0.2) is 23.0 Å². The summed E-state index contributed by atoms with van der Waals surface area (Å²) < 4.78 is 0. The zero-order chi connectivity index (χ0) is 16.1. The summed E-state index contributed by atoms with van der Waals surface area (Å²) >= 11 is 0. The number of nitrogens with one attached hydrogen (secondary N) is 2. The number of amides is 1. The molecule has 0 saturated carbocycles. The number of rotatable bonds is 6. The summed E-state index contributed by atoms with van der Waals surface area (Å²) in [6.45, 7) is 6.84. The molecule has 22 heavy (non-hydrogen) atoms. The number of benzene rings is 1. The van der Waals surface area contributed by atoms with Crippen LogP contribution in [-0.4, -0.2) is 17.4 Å². The quantitative estimate of drug-likeness (QED) is 0.806. The minimum atomic E-state index is -0.0949. The van der Waals surface area contributed by atoms with Crippen LogP contribution in [0.5, 0.6) is 0 Å². The monoisotopic (exact) mass is 300 g/mol. The van der Waals surface area contributed by atoms with E-state index in [1.165, 1.54) is 0 Å². The fraction of sp³-hybridized carbons (Fsp3) is 0.444. The summed E-state index contributed by atoms with van der Waals surface area (Å²) in [6.07, 6.45) is 2.86. The van der Waals surface area contributed by atoms with E-state index in [1.54, 1.807) is 0 Å². The molecule has 0 unspecified atom stereocenters. The number of aromatic nitrogens is 1. The van der Waals surface area contributed by atoms with Gasteiger partial charge in [-0.3, -0.25) is 9.59 Å². The molecular formula is C18H24N2O2. The highest BCUT2D eigenvalue weighted by Gasteiger charge is 2.08. The van der Waals surface area contributed by atoms with Gasteiger partial charge in [0.2, 0.25) is 5.91 Å². The van der Waals surface area contributed by atoms with Gasteiger partial charge in [0.05, 0.1) is 5.52 Å². The first-order chi connectivity index (χ1) is 10.5. The lowest BCUT2D eigenvalue weighted by atomic mass is 10.0. The molecule has 2 rings (SSSR count). The Bertz CT molecular complexity index is 732. The van der Waals surface area contributed by atoms with E-state index in [0.29, 0.717) is 24.9 Å². The first kappa shape index (κ1) is 16.3. The SMILES string of the molecule is CCCCNC(=O)CCc1cc2ccc(C)c(C)c2[nH]c1=O. The summed E-state index contributed by atoms with van der Waals surface area (Å²) in [4.78, 5) is 26.9. The number of pyridine rings is 1. The van der Waals surface area contributed by atoms with Gasteiger partial charge in [0.25, 0.3) is 5.56 Å². The van der Waals surface area contributed by atoms with Crippen LogP contribution in [0.4, 0.5) is 0 Å². The largest absolute Gasteiger partial charge is 0.356 e. The van der Waals surface area contributed by atoms with Gasteiger partial charge in [-0.1, -0.05) is 25.5 Å². The van der Waals surface area contributed by atoms with E-state index in [1.807, 2.05) is 26.0 Å². The van der Waals surface area contributed by atoms with Crippen molar-refractivity contribution in [2.24, 2.45) is 0 Å². The number of aryl methyl sites for hydroxylation is 3. The van der Waals surface area contributed by atoms with Crippen molar-refractivity contribution in [3.63, 3.8) is 0 Å². The van der Waals surface area contributed by atoms with E-state index in [2.05, 4.69) is 23.3 Å². The third kappa shape index (κ3) is 3.75. The summed E-state index contributed by atoms with van der Waals surface area (Å²) in [5.74, 6) is 0.00744. The van der Waals surface area contributed by atoms with E-state index in [0.717, 1.165) is 34.9 Å². The smallest absolute Gasteiger partial charge is 0.251 e. The maximum atomic E-state index is 12.2. The van der Waals surface area contributed by atoms with Gasteiger partial charge in [-0.05, 0) is 49.3 Å². The van der Waals surface area contributed by atoms with E-state index in [9.17, 15) is 9.59 Å². The maximum Gasteiger partial charge on any atom is 0.251 e. The summed E-state index contributed by atoms with van der Waals surface area (Å²) in [5, 5.41) is 3.89. The van der Waals surface area contributed by atoms with E-state index >= 15 is 0 Å². The third-order valence-electron chi connectivity index (χ3n) is 4.10. The van der Waals surface area contributed by atoms with E-state index < -0.39 is 0 Å². The Morgan fingerprint density at radius 3 is 2.77 bits per heavy atom. The van der Waals surface area contributed by atoms with Gasteiger partial charge in [0.15, 0.2) is 0 Å². The fourth-order valence-corrected chi connectivity index (χ4v) is 2.50. The topological polar surface area (TPSA) is 62.0 Å². The highest BCUT2D eigenvalue weighted by Crippen LogP contribution is 2.19. The first-order valence-electron chi connectivity index (χ1n) is 7.91. The Morgan fingerprint density at radius 1 is 1.27 bits per heavy atom. The minimum Gasteiger partial charge on any atom is -0.356 e. The number of carbonyl (C=O) groups is 1. The molecule has 0 bridgehead atoms. The highest BCUT2D eigenvalue weighted by atomic mass is 16.1. The predicted octanol–water partition coefficient (Wildman–Crippen LogP) is 2.99. The average Bonchev–Trinajstić information content (AvgIpc) is 2.50. The number of aromatic amines is 1. The van der Waals surface area contributed by atoms with Crippen LogP contribution in [0, 0.1) is 13.8 Å². The predicted molar refractivity (Wildman–Crippen MR) is 90.3 cm³/mol. The van der Waals surface area contributed by atoms with Crippen molar-refractivity contribution in [1.29, 1.82) is 0 Å². The standard InChI is InChI=1S/C18H24N2O2/c1-4-5-10-19-16(21)9-8-15-11-14-7-6-12(2)13(3)17(14)20-18(15)22/h6-7,11H,4-5,8-10H2,1-3H3,(H,19,21)(H,20,22). The molecule has 0 radical (unpaired) electrons. The van der Waals surface area contributed by atoms with Gasteiger partial charge in [-0.25, -0.2) is 0 Å². The van der Waals surface area contributed by atoms with Crippen LogP contribution in [0.1, 0.15) is 42.9 Å². The van der Waals surface area contributed by atoms with Crippen molar-refractivity contribution in [2.75, 3.05) is 6.54 Å². The molecule has 2 N–H and O–H groups in total. The van der Waals surface area contributed by atoms with Gasteiger partial charge in [-0.15, -0.1) is 0 Å². The highest BCUT2D eigenvalue weighted by molar-refractivity contribution is 5.83. The van der Waals surface area contributed by atoms with E-state index in [4.69, 9.17) is 0 Å². The Balaban J connectivity index is 2.12. The summed E-state index contributed by atoms with van der Waals surface area (Å²) in [6, 6.07) is 5.97. The normalized spacial score (nSPS) is 10.9. The molecule has 1 heterocycles. The van der Waals surface area contributed by atoms with Gasteiger partial charge in [-0.2, -0.15) is 0 Å². The van der Waals surface area contributed by atoms with Crippen LogP contribution in [0.3, 0.4) is 0 Å². The molecular weight excluding hydrogens is 276 g/mol. The number of hydrogen-bond acceptors (Lipinski definition) is 2. The fourth-order valence-electron chi connectivity index (χ4n) is 2.50. The van der Waals surface area contributed by atoms with Crippen LogP contribution in [0.2, 0.25) is 0 Å². The lowest BCUT2D eigenvalue weighted by molar-refractivity contribution is -0.121. The van der Waals surface area contributed by atoms with Crippen LogP contribution in [0.25, 0.3) is 10.9 Å². The molecule has 4 nitrogen and oxygen atoms in total. The molecule has 0 spiro atoms. The number of fused-ring (bicyclic) bond motifs is 1. The van der Waals surface area contributed by atoms with Gasteiger partial charge < -0.3 is 10.3 Å². The molecule has 0 aliphatic carbocycles. The van der Waals surface area contributed by atoms with Crippen molar-refractivity contribution in [1.82, 2.24) is 10.3 Å². The Kier molecular flexibility index (Phi) is 5.36. The number of hydrogen-bond donors (Lipinski definition) is 2. The van der Waals surface area contributed by atoms with Gasteiger partial charge in [0.1, 0.15) is 0 Å². The minimum absolute atomic E-state index is 0.00744. The summed E-state index contributed by atoms with van der Waals surface area (Å²) in [7, 11) is 0. The third-order valence-corrected chi connectivity index (χ3v) is 4.10. The molecule has 4 heteroatoms. The van der Waals surface area contributed by atoms with Crippen LogP contribution < -0.4 is 10.9 Å². The Morgan fingerprint density at radius 2 is 2.05 bits per heavy atom. The van der Waals surface area contributed by atoms with Crippen LogP contribution >= 0.6 is 0 Å². The molecule has 0 aliphatic rings. The average molecular weight is 300 g/mol.